The van der Waals surface area contributed by atoms with Gasteiger partial charge in [-0.15, -0.1) is 0 Å². The van der Waals surface area contributed by atoms with E-state index in [9.17, 15) is 14.4 Å². The van der Waals surface area contributed by atoms with Crippen molar-refractivity contribution < 1.29 is 19.1 Å². The van der Waals surface area contributed by atoms with Crippen molar-refractivity contribution in [2.75, 3.05) is 53.4 Å². The van der Waals surface area contributed by atoms with E-state index >= 15 is 0 Å². The predicted octanol–water partition coefficient (Wildman–Crippen LogP) is 0.134. The second-order valence-electron chi connectivity index (χ2n) is 6.27. The van der Waals surface area contributed by atoms with Crippen LogP contribution in [0.15, 0.2) is 0 Å². The number of nitrogens with one attached hydrogen (secondary N) is 1. The van der Waals surface area contributed by atoms with Crippen LogP contribution in [0.3, 0.4) is 0 Å². The van der Waals surface area contributed by atoms with Crippen molar-refractivity contribution in [1.29, 1.82) is 0 Å². The van der Waals surface area contributed by atoms with Crippen LogP contribution in [-0.2, 0) is 14.3 Å². The van der Waals surface area contributed by atoms with Crippen molar-refractivity contribution >= 4 is 17.9 Å². The molecule has 24 heavy (non-hydrogen) atoms. The summed E-state index contributed by atoms with van der Waals surface area (Å²) in [5.41, 5.74) is 0. The minimum absolute atomic E-state index is 0.0332. The molecule has 0 aliphatic carbocycles. The van der Waals surface area contributed by atoms with Gasteiger partial charge in [-0.25, -0.2) is 4.79 Å². The first kappa shape index (κ1) is 20.2. The van der Waals surface area contributed by atoms with Crippen molar-refractivity contribution in [3.8, 4) is 0 Å². The standard InChI is InChI=1S/C16H30N4O4/c1-5-24-16(23)19-8-6-14(7-9-19)17-15(22)12-20(13(2)21)11-10-18(3)4/h14H,5-12H2,1-4H3,(H,17,22). The third-order valence-electron chi connectivity index (χ3n) is 3.98. The Morgan fingerprint density at radius 1 is 1.17 bits per heavy atom. The molecule has 1 fully saturated rings. The van der Waals surface area contributed by atoms with Crippen LogP contribution in [-0.4, -0.2) is 92.1 Å². The summed E-state index contributed by atoms with van der Waals surface area (Å²) < 4.78 is 4.97. The lowest BCUT2D eigenvalue weighted by atomic mass is 10.1. The van der Waals surface area contributed by atoms with Gasteiger partial charge in [0.2, 0.25) is 11.8 Å². The third-order valence-corrected chi connectivity index (χ3v) is 3.98. The molecule has 0 bridgehead atoms. The molecule has 1 heterocycles. The number of carbonyl (C=O) groups is 3. The summed E-state index contributed by atoms with van der Waals surface area (Å²) in [7, 11) is 3.85. The molecule has 0 aromatic heterocycles. The normalized spacial score (nSPS) is 15.3. The minimum atomic E-state index is -0.297. The van der Waals surface area contributed by atoms with Crippen LogP contribution in [0.4, 0.5) is 4.79 Å². The van der Waals surface area contributed by atoms with Gasteiger partial charge in [0.05, 0.1) is 13.2 Å². The molecule has 0 spiro atoms. The molecular weight excluding hydrogens is 312 g/mol. The van der Waals surface area contributed by atoms with Crippen LogP contribution < -0.4 is 5.32 Å². The number of ether oxygens (including phenoxy) is 1. The zero-order valence-electron chi connectivity index (χ0n) is 15.2. The highest BCUT2D eigenvalue weighted by Crippen LogP contribution is 2.11. The van der Waals surface area contributed by atoms with Gasteiger partial charge in [0, 0.05) is 39.1 Å². The number of rotatable bonds is 7. The Bertz CT molecular complexity index is 434. The average Bonchev–Trinajstić information content (AvgIpc) is 2.51. The molecule has 1 aliphatic heterocycles. The molecule has 0 atom stereocenters. The molecule has 3 amide bonds. The molecule has 1 N–H and O–H groups in total. The van der Waals surface area contributed by atoms with Gasteiger partial charge >= 0.3 is 6.09 Å². The zero-order chi connectivity index (χ0) is 18.1. The van der Waals surface area contributed by atoms with E-state index < -0.39 is 0 Å². The fourth-order valence-electron chi connectivity index (χ4n) is 2.54. The third kappa shape index (κ3) is 7.16. The molecule has 1 aliphatic rings. The number of carbonyl (C=O) groups excluding carboxylic acids is 3. The largest absolute Gasteiger partial charge is 0.450 e. The van der Waals surface area contributed by atoms with Gasteiger partial charge in [-0.1, -0.05) is 0 Å². The SMILES string of the molecule is CCOC(=O)N1CCC(NC(=O)CN(CCN(C)C)C(C)=O)CC1. The van der Waals surface area contributed by atoms with E-state index in [0.717, 1.165) is 0 Å². The maximum atomic E-state index is 12.2. The van der Waals surface area contributed by atoms with E-state index in [1.165, 1.54) is 6.92 Å². The summed E-state index contributed by atoms with van der Waals surface area (Å²) in [6, 6.07) is 0.0332. The molecule has 138 valence electrons. The Balaban J connectivity index is 2.37. The van der Waals surface area contributed by atoms with Crippen LogP contribution in [0.5, 0.6) is 0 Å². The maximum Gasteiger partial charge on any atom is 0.409 e. The lowest BCUT2D eigenvalue weighted by Crippen LogP contribution is -2.49. The first-order valence-electron chi connectivity index (χ1n) is 8.44. The fourth-order valence-corrected chi connectivity index (χ4v) is 2.54. The van der Waals surface area contributed by atoms with Crippen molar-refractivity contribution in [3.63, 3.8) is 0 Å². The Morgan fingerprint density at radius 2 is 1.79 bits per heavy atom. The smallest absolute Gasteiger partial charge is 0.409 e. The Hall–Kier alpha value is -1.83. The van der Waals surface area contributed by atoms with E-state index in [0.29, 0.717) is 45.6 Å². The lowest BCUT2D eigenvalue weighted by molar-refractivity contribution is -0.134. The average molecular weight is 342 g/mol. The first-order valence-corrected chi connectivity index (χ1v) is 8.44. The van der Waals surface area contributed by atoms with Crippen LogP contribution in [0.2, 0.25) is 0 Å². The summed E-state index contributed by atoms with van der Waals surface area (Å²) in [5, 5.41) is 2.96. The van der Waals surface area contributed by atoms with E-state index in [1.807, 2.05) is 19.0 Å². The van der Waals surface area contributed by atoms with Gasteiger partial charge in [-0.2, -0.15) is 0 Å². The van der Waals surface area contributed by atoms with E-state index in [4.69, 9.17) is 4.74 Å². The summed E-state index contributed by atoms with van der Waals surface area (Å²) >= 11 is 0. The maximum absolute atomic E-state index is 12.2. The quantitative estimate of drug-likeness (QED) is 0.711. The van der Waals surface area contributed by atoms with Crippen LogP contribution in [0.1, 0.15) is 26.7 Å². The van der Waals surface area contributed by atoms with Crippen LogP contribution in [0.25, 0.3) is 0 Å². The van der Waals surface area contributed by atoms with Gasteiger partial charge in [-0.05, 0) is 33.9 Å². The Labute approximate surface area is 144 Å². The molecule has 8 nitrogen and oxygen atoms in total. The van der Waals surface area contributed by atoms with Crippen LogP contribution >= 0.6 is 0 Å². The molecule has 0 radical (unpaired) electrons. The van der Waals surface area contributed by atoms with E-state index in [2.05, 4.69) is 5.32 Å². The van der Waals surface area contributed by atoms with E-state index in [-0.39, 0.29) is 30.5 Å². The van der Waals surface area contributed by atoms with Gasteiger partial charge in [0.25, 0.3) is 0 Å². The van der Waals surface area contributed by atoms with Gasteiger partial charge in [0.1, 0.15) is 0 Å². The summed E-state index contributed by atoms with van der Waals surface area (Å²) in [6.07, 6.45) is 1.10. The monoisotopic (exact) mass is 342 g/mol. The highest BCUT2D eigenvalue weighted by atomic mass is 16.6. The number of likely N-dealkylation sites (tertiary alicyclic amines) is 1. The summed E-state index contributed by atoms with van der Waals surface area (Å²) in [5.74, 6) is -0.261. The number of piperidine rings is 1. The molecule has 8 heteroatoms. The van der Waals surface area contributed by atoms with Gasteiger partial charge in [0.15, 0.2) is 0 Å². The van der Waals surface area contributed by atoms with Crippen molar-refractivity contribution in [2.24, 2.45) is 0 Å². The Kier molecular flexibility index (Phi) is 8.53. The second-order valence-corrected chi connectivity index (χ2v) is 6.27. The van der Waals surface area contributed by atoms with Crippen LogP contribution in [0, 0.1) is 0 Å². The number of nitrogens with zero attached hydrogens (tertiary/aromatic N) is 3. The van der Waals surface area contributed by atoms with Gasteiger partial charge < -0.3 is 24.8 Å². The minimum Gasteiger partial charge on any atom is -0.450 e. The van der Waals surface area contributed by atoms with Crippen molar-refractivity contribution in [2.45, 2.75) is 32.7 Å². The van der Waals surface area contributed by atoms with Gasteiger partial charge in [-0.3, -0.25) is 9.59 Å². The summed E-state index contributed by atoms with van der Waals surface area (Å²) in [6.45, 7) is 6.07. The molecular formula is C16H30N4O4. The number of hydrogen-bond donors (Lipinski definition) is 1. The number of hydrogen-bond acceptors (Lipinski definition) is 5. The zero-order valence-corrected chi connectivity index (χ0v) is 15.2. The highest BCUT2D eigenvalue weighted by Gasteiger charge is 2.25. The molecule has 0 saturated carbocycles. The Morgan fingerprint density at radius 3 is 2.29 bits per heavy atom. The number of amides is 3. The van der Waals surface area contributed by atoms with E-state index in [1.54, 1.807) is 16.7 Å². The molecule has 0 aromatic carbocycles. The topological polar surface area (TPSA) is 82.2 Å². The molecule has 1 rings (SSSR count). The highest BCUT2D eigenvalue weighted by molar-refractivity contribution is 5.84. The molecule has 0 unspecified atom stereocenters. The fraction of sp³-hybridized carbons (Fsp3) is 0.812. The summed E-state index contributed by atoms with van der Waals surface area (Å²) in [4.78, 5) is 40.6. The predicted molar refractivity (Wildman–Crippen MR) is 90.6 cm³/mol. The lowest BCUT2D eigenvalue weighted by Gasteiger charge is -2.32. The molecule has 1 saturated heterocycles. The second kappa shape index (κ2) is 10.1. The molecule has 0 aromatic rings. The van der Waals surface area contributed by atoms with Crippen molar-refractivity contribution in [3.05, 3.63) is 0 Å². The van der Waals surface area contributed by atoms with Crippen molar-refractivity contribution in [1.82, 2.24) is 20.0 Å². The number of likely N-dealkylation sites (N-methyl/N-ethyl adjacent to an activating group) is 1. The first-order chi connectivity index (χ1) is 11.3.